The van der Waals surface area contributed by atoms with Gasteiger partial charge in [0.25, 0.3) is 5.91 Å². The topological polar surface area (TPSA) is 162 Å². The van der Waals surface area contributed by atoms with Gasteiger partial charge in [-0.2, -0.15) is 0 Å². The summed E-state index contributed by atoms with van der Waals surface area (Å²) in [7, 11) is 0. The molecule has 208 valence electrons. The maximum Gasteiger partial charge on any atom is 0.323 e. The zero-order valence-corrected chi connectivity index (χ0v) is 22.7. The predicted molar refractivity (Wildman–Crippen MR) is 139 cm³/mol. The van der Waals surface area contributed by atoms with Gasteiger partial charge in [-0.1, -0.05) is 48.5 Å². The van der Waals surface area contributed by atoms with Gasteiger partial charge in [0.05, 0.1) is 18.1 Å². The van der Waals surface area contributed by atoms with Crippen LogP contribution in [0.15, 0.2) is 47.6 Å². The number of nitrogens with two attached hydrogens (primary N) is 1. The number of hydrogen-bond acceptors (Lipinski definition) is 9. The van der Waals surface area contributed by atoms with Gasteiger partial charge in [0.1, 0.15) is 23.7 Å². The van der Waals surface area contributed by atoms with E-state index in [0.717, 1.165) is 12.5 Å². The van der Waals surface area contributed by atoms with Gasteiger partial charge in [-0.15, -0.1) is 0 Å². The summed E-state index contributed by atoms with van der Waals surface area (Å²) < 4.78 is 11.1. The summed E-state index contributed by atoms with van der Waals surface area (Å²) in [5, 5.41) is 13.0. The van der Waals surface area contributed by atoms with Crippen molar-refractivity contribution >= 4 is 29.4 Å². The number of allylic oxidation sites excluding steroid dienone is 4. The van der Waals surface area contributed by atoms with Gasteiger partial charge >= 0.3 is 11.9 Å². The molecule has 2 bridgehead atoms. The fraction of sp³-hybridized carbons (Fsp3) is 0.536. The average molecular weight is 531 g/mol. The van der Waals surface area contributed by atoms with E-state index < -0.39 is 71.1 Å². The van der Waals surface area contributed by atoms with Crippen molar-refractivity contribution in [3.05, 3.63) is 47.6 Å². The highest BCUT2D eigenvalue weighted by atomic mass is 16.6. The summed E-state index contributed by atoms with van der Waals surface area (Å²) in [5.74, 6) is -4.48. The third kappa shape index (κ3) is 7.58. The SMILES string of the molecule is CC(=O)C(=O)N[C@@H]1/C=C(C)/C=C/[C@@H](OC(=O)[C@@H](C)N)C/C=C(C)/C=C/[C@@H](O)C[C@H]2OC(=O)[C@]1(C)C(=O)[C@H]2C. The molecule has 0 aromatic heterocycles. The number of ketones is 2. The molecule has 3 rings (SSSR count). The van der Waals surface area contributed by atoms with Crippen LogP contribution in [0.2, 0.25) is 0 Å². The smallest absolute Gasteiger partial charge is 0.323 e. The molecule has 38 heavy (non-hydrogen) atoms. The Morgan fingerprint density at radius 2 is 1.82 bits per heavy atom. The average Bonchev–Trinajstić information content (AvgIpc) is 2.85. The molecule has 4 N–H and O–H groups in total. The van der Waals surface area contributed by atoms with E-state index in [-0.39, 0.29) is 6.42 Å². The number of rotatable bonds is 4. The molecule has 1 saturated heterocycles. The van der Waals surface area contributed by atoms with Crippen LogP contribution in [-0.2, 0) is 33.4 Å². The van der Waals surface area contributed by atoms with Crippen molar-refractivity contribution < 1.29 is 38.6 Å². The van der Waals surface area contributed by atoms with Crippen molar-refractivity contribution in [2.45, 2.75) is 84.8 Å². The Labute approximate surface area is 223 Å². The summed E-state index contributed by atoms with van der Waals surface area (Å²) in [4.78, 5) is 63.1. The van der Waals surface area contributed by atoms with E-state index in [1.807, 2.05) is 13.0 Å². The molecule has 7 atom stereocenters. The van der Waals surface area contributed by atoms with Crippen LogP contribution in [0.5, 0.6) is 0 Å². The first-order chi connectivity index (χ1) is 17.7. The van der Waals surface area contributed by atoms with E-state index in [0.29, 0.717) is 12.0 Å². The number of carbonyl (C=O) groups excluding carboxylic acids is 5. The summed E-state index contributed by atoms with van der Waals surface area (Å²) in [5.41, 5.74) is 5.13. The van der Waals surface area contributed by atoms with Gasteiger partial charge in [0.15, 0.2) is 5.78 Å². The van der Waals surface area contributed by atoms with Gasteiger partial charge in [0, 0.05) is 19.8 Å². The van der Waals surface area contributed by atoms with Crippen LogP contribution in [-0.4, -0.2) is 64.9 Å². The van der Waals surface area contributed by atoms with Gasteiger partial charge in [0.2, 0.25) is 5.78 Å². The molecule has 1 fully saturated rings. The number of Topliss-reactive ketones (excluding diaryl/α,β-unsaturated/α-hetero) is 2. The van der Waals surface area contributed by atoms with Crippen LogP contribution in [0, 0.1) is 11.3 Å². The predicted octanol–water partition coefficient (Wildman–Crippen LogP) is 1.62. The summed E-state index contributed by atoms with van der Waals surface area (Å²) in [6.45, 7) is 9.05. The second-order valence-electron chi connectivity index (χ2n) is 10.2. The number of nitrogens with one attached hydrogen (secondary N) is 1. The summed E-state index contributed by atoms with van der Waals surface area (Å²) in [6, 6.07) is -2.04. The Morgan fingerprint density at radius 1 is 1.18 bits per heavy atom. The Morgan fingerprint density at radius 3 is 2.42 bits per heavy atom. The van der Waals surface area contributed by atoms with E-state index in [1.165, 1.54) is 26.0 Å². The lowest BCUT2D eigenvalue weighted by molar-refractivity contribution is -0.181. The minimum atomic E-state index is -1.83. The molecule has 0 aromatic carbocycles. The van der Waals surface area contributed by atoms with Crippen LogP contribution in [0.3, 0.4) is 0 Å². The maximum absolute atomic E-state index is 13.6. The van der Waals surface area contributed by atoms with Crippen LogP contribution in [0.1, 0.15) is 54.4 Å². The van der Waals surface area contributed by atoms with Crippen molar-refractivity contribution in [1.82, 2.24) is 5.32 Å². The molecule has 3 aliphatic rings. The molecule has 10 nitrogen and oxygen atoms in total. The Kier molecular flexibility index (Phi) is 10.5. The number of hydrogen-bond donors (Lipinski definition) is 3. The third-order valence-electron chi connectivity index (χ3n) is 6.76. The van der Waals surface area contributed by atoms with Gasteiger partial charge in [-0.05, 0) is 33.8 Å². The lowest BCUT2D eigenvalue weighted by Crippen LogP contribution is -2.61. The monoisotopic (exact) mass is 530 g/mol. The van der Waals surface area contributed by atoms with Gasteiger partial charge in [-0.3, -0.25) is 24.0 Å². The molecule has 2 heterocycles. The second-order valence-corrected chi connectivity index (χ2v) is 10.2. The van der Waals surface area contributed by atoms with Gasteiger partial charge < -0.3 is 25.6 Å². The third-order valence-corrected chi connectivity index (χ3v) is 6.76. The normalized spacial score (nSPS) is 35.8. The van der Waals surface area contributed by atoms with Crippen molar-refractivity contribution in [2.75, 3.05) is 0 Å². The summed E-state index contributed by atoms with van der Waals surface area (Å²) in [6.07, 6.45) is 7.53. The highest BCUT2D eigenvalue weighted by Crippen LogP contribution is 2.38. The molecule has 0 radical (unpaired) electrons. The Balaban J connectivity index is 2.62. The largest absolute Gasteiger partial charge is 0.461 e. The van der Waals surface area contributed by atoms with E-state index in [1.54, 1.807) is 32.1 Å². The molecule has 0 saturated carbocycles. The van der Waals surface area contributed by atoms with Crippen molar-refractivity contribution in [3.63, 3.8) is 0 Å². The second kappa shape index (κ2) is 12.9. The lowest BCUT2D eigenvalue weighted by Gasteiger charge is -2.42. The number of fused-ring (bicyclic) bond motifs is 10. The fourth-order valence-corrected chi connectivity index (χ4v) is 4.18. The number of ether oxygens (including phenoxy) is 2. The lowest BCUT2D eigenvalue weighted by atomic mass is 9.69. The molecular weight excluding hydrogens is 492 g/mol. The van der Waals surface area contributed by atoms with Gasteiger partial charge in [-0.25, -0.2) is 0 Å². The van der Waals surface area contributed by atoms with E-state index in [2.05, 4.69) is 5.32 Å². The van der Waals surface area contributed by atoms with Crippen molar-refractivity contribution in [2.24, 2.45) is 17.1 Å². The highest BCUT2D eigenvalue weighted by Gasteiger charge is 2.56. The first-order valence-corrected chi connectivity index (χ1v) is 12.6. The van der Waals surface area contributed by atoms with Crippen molar-refractivity contribution in [1.29, 1.82) is 0 Å². The zero-order chi connectivity index (χ0) is 28.8. The molecule has 1 amide bonds. The minimum absolute atomic E-state index is 0.00593. The van der Waals surface area contributed by atoms with E-state index >= 15 is 0 Å². The number of aliphatic hydroxyl groups is 1. The number of esters is 2. The van der Waals surface area contributed by atoms with Crippen molar-refractivity contribution in [3.8, 4) is 0 Å². The molecule has 10 heteroatoms. The van der Waals surface area contributed by atoms with Crippen LogP contribution < -0.4 is 11.1 Å². The first-order valence-electron chi connectivity index (χ1n) is 12.6. The molecule has 0 aromatic rings. The van der Waals surface area contributed by atoms with Crippen LogP contribution >= 0.6 is 0 Å². The molecule has 2 aliphatic heterocycles. The van der Waals surface area contributed by atoms with E-state index in [9.17, 15) is 29.1 Å². The molecular formula is C28H38N2O8. The molecule has 1 aliphatic carbocycles. The maximum atomic E-state index is 13.6. The standard InChI is InChI=1S/C28H38N2O8/c1-15-7-10-20(32)14-22-17(3)24(33)28(6,27(36)38-22)23(30-25(34)19(5)31)13-16(2)9-12-21(11-8-15)37-26(35)18(4)29/h7-10,12-13,17-18,20-23,32H,11,14,29H2,1-6H3,(H,30,34)/b10-7+,12-9+,15-8+,16-13+/t17-,18+,20+,21-,22+,23+,28-/m0/s1. The minimum Gasteiger partial charge on any atom is -0.461 e. The van der Waals surface area contributed by atoms with Crippen LogP contribution in [0.4, 0.5) is 0 Å². The van der Waals surface area contributed by atoms with E-state index in [4.69, 9.17) is 15.2 Å². The first kappa shape index (κ1) is 30.9. The van der Waals surface area contributed by atoms with Crippen LogP contribution in [0.25, 0.3) is 0 Å². The number of aliphatic hydroxyl groups excluding tert-OH is 1. The quantitative estimate of drug-likeness (QED) is 0.278. The molecule has 0 spiro atoms. The molecule has 0 unspecified atom stereocenters. The summed E-state index contributed by atoms with van der Waals surface area (Å²) >= 11 is 0. The number of carbonyl (C=O) groups is 5. The number of amides is 1. The Hall–Kier alpha value is -3.37. The highest BCUT2D eigenvalue weighted by molar-refractivity contribution is 6.35. The zero-order valence-electron chi connectivity index (χ0n) is 22.7. The Bertz CT molecular complexity index is 1090. The fourth-order valence-electron chi connectivity index (χ4n) is 4.18.